The quantitative estimate of drug-likeness (QED) is 0.767. The van der Waals surface area contributed by atoms with Gasteiger partial charge in [0.25, 0.3) is 5.91 Å². The molecule has 0 spiro atoms. The number of nitrogen functional groups attached to an aromatic ring is 1. The number of nitriles is 1. The third kappa shape index (κ3) is 2.86. The molecule has 108 valence electrons. The summed E-state index contributed by atoms with van der Waals surface area (Å²) >= 11 is 1.24. The van der Waals surface area contributed by atoms with Gasteiger partial charge in [-0.3, -0.25) is 4.79 Å². The lowest BCUT2D eigenvalue weighted by Crippen LogP contribution is -2.22. The minimum absolute atomic E-state index is 0.258. The van der Waals surface area contributed by atoms with Crippen molar-refractivity contribution in [2.24, 2.45) is 5.92 Å². The van der Waals surface area contributed by atoms with Gasteiger partial charge in [0.05, 0.1) is 11.3 Å². The van der Waals surface area contributed by atoms with Crippen LogP contribution in [-0.4, -0.2) is 44.5 Å². The molecule has 4 N–H and O–H groups in total. The van der Waals surface area contributed by atoms with Gasteiger partial charge in [0.2, 0.25) is 0 Å². The number of rotatable bonds is 4. The molecule has 2 heterocycles. The summed E-state index contributed by atoms with van der Waals surface area (Å²) in [5.41, 5.74) is 6.53. The summed E-state index contributed by atoms with van der Waals surface area (Å²) in [6.07, 6.45) is 1.14. The fourth-order valence-electron chi connectivity index (χ4n) is 2.43. The average molecular weight is 293 g/mol. The number of carbonyl (C=O) groups is 1. The molecule has 1 saturated heterocycles. The number of nitrogens with one attached hydrogen (secondary N) is 2. The maximum absolute atomic E-state index is 11.9. The smallest absolute Gasteiger partial charge is 0.256 e. The summed E-state index contributed by atoms with van der Waals surface area (Å²) in [6, 6.07) is 2.04. The topological polar surface area (TPSA) is 94.2 Å². The van der Waals surface area contributed by atoms with Crippen molar-refractivity contribution >= 4 is 27.9 Å². The monoisotopic (exact) mass is 293 g/mol. The van der Waals surface area contributed by atoms with Crippen molar-refractivity contribution in [3.05, 3.63) is 10.4 Å². The van der Waals surface area contributed by atoms with Crippen LogP contribution in [0.1, 0.15) is 21.7 Å². The Kier molecular flexibility index (Phi) is 4.47. The van der Waals surface area contributed by atoms with E-state index < -0.39 is 0 Å². The second-order valence-corrected chi connectivity index (χ2v) is 6.06. The van der Waals surface area contributed by atoms with Gasteiger partial charge in [-0.15, -0.1) is 11.3 Å². The Labute approximate surface area is 122 Å². The number of hydrogen-bond acceptors (Lipinski definition) is 6. The van der Waals surface area contributed by atoms with Gasteiger partial charge in [0.1, 0.15) is 15.9 Å². The van der Waals surface area contributed by atoms with E-state index >= 15 is 0 Å². The van der Waals surface area contributed by atoms with Crippen molar-refractivity contribution in [1.29, 1.82) is 5.26 Å². The highest BCUT2D eigenvalue weighted by Crippen LogP contribution is 2.35. The Morgan fingerprint density at radius 2 is 2.40 bits per heavy atom. The second-order valence-electron chi connectivity index (χ2n) is 5.04. The van der Waals surface area contributed by atoms with Crippen LogP contribution in [0.5, 0.6) is 0 Å². The van der Waals surface area contributed by atoms with Crippen molar-refractivity contribution in [2.45, 2.75) is 6.42 Å². The van der Waals surface area contributed by atoms with Gasteiger partial charge in [-0.2, -0.15) is 5.26 Å². The number of carbonyl (C=O) groups excluding carboxylic acids is 1. The van der Waals surface area contributed by atoms with Gasteiger partial charge in [-0.25, -0.2) is 0 Å². The number of nitrogens with two attached hydrogens (primary N) is 1. The largest absolute Gasteiger partial charge is 0.396 e. The first-order valence-electron chi connectivity index (χ1n) is 6.53. The van der Waals surface area contributed by atoms with Crippen LogP contribution in [0.15, 0.2) is 0 Å². The standard InChI is InChI=1S/C13H19N5OS/c1-16-12(19)10-11(15)9(5-14)20-13(10)17-6-8-3-4-18(2)7-8/h8,17H,3-4,6-7,15H2,1-2H3,(H,16,19). The summed E-state index contributed by atoms with van der Waals surface area (Å²) in [7, 11) is 3.66. The summed E-state index contributed by atoms with van der Waals surface area (Å²) in [5.74, 6) is 0.303. The molecule has 1 amide bonds. The highest BCUT2D eigenvalue weighted by Gasteiger charge is 2.23. The van der Waals surface area contributed by atoms with E-state index in [4.69, 9.17) is 11.0 Å². The van der Waals surface area contributed by atoms with E-state index in [1.54, 1.807) is 7.05 Å². The van der Waals surface area contributed by atoms with Gasteiger partial charge in [0.15, 0.2) is 0 Å². The lowest BCUT2D eigenvalue weighted by molar-refractivity contribution is 0.0965. The van der Waals surface area contributed by atoms with Gasteiger partial charge in [-0.1, -0.05) is 0 Å². The van der Waals surface area contributed by atoms with Crippen molar-refractivity contribution in [3.63, 3.8) is 0 Å². The molecule has 0 aliphatic carbocycles. The second kappa shape index (κ2) is 6.11. The Morgan fingerprint density at radius 3 is 2.95 bits per heavy atom. The number of anilines is 2. The number of amides is 1. The molecule has 0 radical (unpaired) electrons. The van der Waals surface area contributed by atoms with Gasteiger partial charge in [-0.05, 0) is 25.9 Å². The molecule has 0 saturated carbocycles. The zero-order chi connectivity index (χ0) is 14.7. The Hall–Kier alpha value is -1.78. The van der Waals surface area contributed by atoms with Crippen LogP contribution in [-0.2, 0) is 0 Å². The first kappa shape index (κ1) is 14.6. The fourth-order valence-corrected chi connectivity index (χ4v) is 3.35. The molecule has 1 unspecified atom stereocenters. The number of likely N-dealkylation sites (tertiary alicyclic amines) is 1. The summed E-state index contributed by atoms with van der Waals surface area (Å²) < 4.78 is 0. The highest BCUT2D eigenvalue weighted by molar-refractivity contribution is 7.17. The average Bonchev–Trinajstić information content (AvgIpc) is 2.99. The molecule has 0 aromatic carbocycles. The normalized spacial score (nSPS) is 18.8. The van der Waals surface area contributed by atoms with Gasteiger partial charge >= 0.3 is 0 Å². The lowest BCUT2D eigenvalue weighted by Gasteiger charge is -2.12. The fraction of sp³-hybridized carbons (Fsp3) is 0.538. The van der Waals surface area contributed by atoms with Crippen LogP contribution in [0.25, 0.3) is 0 Å². The Bertz CT molecular complexity index is 548. The maximum Gasteiger partial charge on any atom is 0.256 e. The van der Waals surface area contributed by atoms with Crippen LogP contribution in [0, 0.1) is 17.2 Å². The van der Waals surface area contributed by atoms with Crippen molar-refractivity contribution in [1.82, 2.24) is 10.2 Å². The van der Waals surface area contributed by atoms with Crippen LogP contribution in [0.2, 0.25) is 0 Å². The Balaban J connectivity index is 2.14. The van der Waals surface area contributed by atoms with E-state index in [1.165, 1.54) is 11.3 Å². The van der Waals surface area contributed by atoms with Gasteiger partial charge < -0.3 is 21.3 Å². The molecule has 1 aromatic heterocycles. The predicted octanol–water partition coefficient (Wildman–Crippen LogP) is 0.925. The van der Waals surface area contributed by atoms with E-state index in [0.717, 1.165) is 26.1 Å². The minimum Gasteiger partial charge on any atom is -0.396 e. The SMILES string of the molecule is CNC(=O)c1c(NCC2CCN(C)C2)sc(C#N)c1N. The van der Waals surface area contributed by atoms with E-state index in [0.29, 0.717) is 21.4 Å². The first-order valence-corrected chi connectivity index (χ1v) is 7.35. The lowest BCUT2D eigenvalue weighted by atomic mass is 10.1. The summed E-state index contributed by atoms with van der Waals surface area (Å²) in [6.45, 7) is 2.94. The molecule has 7 heteroatoms. The molecule has 1 fully saturated rings. The number of nitrogens with zero attached hydrogens (tertiary/aromatic N) is 2. The van der Waals surface area contributed by atoms with Gasteiger partial charge in [0, 0.05) is 20.1 Å². The van der Waals surface area contributed by atoms with E-state index in [-0.39, 0.29) is 11.6 Å². The van der Waals surface area contributed by atoms with Crippen molar-refractivity contribution in [2.75, 3.05) is 44.8 Å². The van der Waals surface area contributed by atoms with Crippen LogP contribution in [0.4, 0.5) is 10.7 Å². The molecule has 1 aliphatic heterocycles. The van der Waals surface area contributed by atoms with Crippen molar-refractivity contribution < 1.29 is 4.79 Å². The molecule has 1 aromatic rings. The zero-order valence-electron chi connectivity index (χ0n) is 11.7. The summed E-state index contributed by atoms with van der Waals surface area (Å²) in [5, 5.41) is 15.6. The highest BCUT2D eigenvalue weighted by atomic mass is 32.1. The predicted molar refractivity (Wildman–Crippen MR) is 80.9 cm³/mol. The summed E-state index contributed by atoms with van der Waals surface area (Å²) in [4.78, 5) is 14.6. The Morgan fingerprint density at radius 1 is 1.65 bits per heavy atom. The van der Waals surface area contributed by atoms with E-state index in [1.807, 2.05) is 6.07 Å². The third-order valence-electron chi connectivity index (χ3n) is 3.54. The molecule has 1 atom stereocenters. The van der Waals surface area contributed by atoms with Crippen LogP contribution >= 0.6 is 11.3 Å². The van der Waals surface area contributed by atoms with Crippen molar-refractivity contribution in [3.8, 4) is 6.07 Å². The van der Waals surface area contributed by atoms with E-state index in [9.17, 15) is 4.79 Å². The number of thiophene rings is 1. The zero-order valence-corrected chi connectivity index (χ0v) is 12.5. The van der Waals surface area contributed by atoms with Crippen LogP contribution < -0.4 is 16.4 Å². The molecule has 2 rings (SSSR count). The molecule has 0 bridgehead atoms. The van der Waals surface area contributed by atoms with E-state index in [2.05, 4.69) is 22.6 Å². The molecule has 1 aliphatic rings. The van der Waals surface area contributed by atoms with Crippen LogP contribution in [0.3, 0.4) is 0 Å². The first-order chi connectivity index (χ1) is 9.56. The molecule has 6 nitrogen and oxygen atoms in total. The molecular weight excluding hydrogens is 274 g/mol. The molecule has 20 heavy (non-hydrogen) atoms. The number of hydrogen-bond donors (Lipinski definition) is 3. The third-order valence-corrected chi connectivity index (χ3v) is 4.61. The maximum atomic E-state index is 11.9. The molecular formula is C13H19N5OS. The minimum atomic E-state index is -0.258.